The number of aliphatic hydroxyl groups is 2. The van der Waals surface area contributed by atoms with Gasteiger partial charge in [-0.15, -0.1) is 0 Å². The van der Waals surface area contributed by atoms with Gasteiger partial charge in [-0.2, -0.15) is 5.26 Å². The van der Waals surface area contributed by atoms with Crippen LogP contribution in [-0.2, 0) is 12.8 Å². The molecular weight excluding hydrogens is 226 g/mol. The van der Waals surface area contributed by atoms with E-state index in [4.69, 9.17) is 10.4 Å². The maximum Gasteiger partial charge on any atom is 0.104 e. The number of benzene rings is 1. The summed E-state index contributed by atoms with van der Waals surface area (Å²) in [6.45, 7) is -0.255. The van der Waals surface area contributed by atoms with Crippen LogP contribution in [-0.4, -0.2) is 23.4 Å². The first-order valence-corrected chi connectivity index (χ1v) is 5.63. The molecule has 1 aromatic carbocycles. The number of nitriles is 1. The maximum atomic E-state index is 9.21. The van der Waals surface area contributed by atoms with E-state index in [-0.39, 0.29) is 13.2 Å². The highest BCUT2D eigenvalue weighted by Gasteiger charge is 2.00. The molecule has 0 aliphatic heterocycles. The van der Waals surface area contributed by atoms with Crippen molar-refractivity contribution in [1.29, 1.82) is 5.26 Å². The van der Waals surface area contributed by atoms with Crippen molar-refractivity contribution in [3.05, 3.63) is 47.0 Å². The Bertz CT molecular complexity index is 515. The third kappa shape index (κ3) is 4.84. The lowest BCUT2D eigenvalue weighted by molar-refractivity contribution is 0.328. The molecule has 1 aromatic rings. The van der Waals surface area contributed by atoms with Gasteiger partial charge in [-0.25, -0.2) is 0 Å². The molecule has 18 heavy (non-hydrogen) atoms. The lowest BCUT2D eigenvalue weighted by Gasteiger charge is -2.04. The summed E-state index contributed by atoms with van der Waals surface area (Å²) >= 11 is 0. The molecule has 3 nitrogen and oxygen atoms in total. The van der Waals surface area contributed by atoms with Crippen molar-refractivity contribution >= 4 is 0 Å². The van der Waals surface area contributed by atoms with Crippen molar-refractivity contribution in [2.75, 3.05) is 13.2 Å². The molecule has 0 amide bonds. The Morgan fingerprint density at radius 3 is 2.72 bits per heavy atom. The molecular formula is C15H15NO2. The van der Waals surface area contributed by atoms with Crippen LogP contribution < -0.4 is 0 Å². The first kappa shape index (κ1) is 14.0. The zero-order valence-corrected chi connectivity index (χ0v) is 10.1. The third-order valence-electron chi connectivity index (χ3n) is 2.37. The minimum atomic E-state index is -0.188. The van der Waals surface area contributed by atoms with Crippen molar-refractivity contribution in [2.45, 2.75) is 12.8 Å². The SMILES string of the molecule is N#CCc1cccc(C/C(=C\C#CCO)CO)c1. The fourth-order valence-corrected chi connectivity index (χ4v) is 1.55. The van der Waals surface area contributed by atoms with Crippen LogP contribution in [0.1, 0.15) is 11.1 Å². The first-order valence-electron chi connectivity index (χ1n) is 5.63. The molecule has 0 aliphatic carbocycles. The number of rotatable bonds is 4. The molecule has 0 saturated carbocycles. The Hall–Kier alpha value is -2.07. The van der Waals surface area contributed by atoms with Crippen molar-refractivity contribution in [3.63, 3.8) is 0 Å². The van der Waals surface area contributed by atoms with Crippen LogP contribution in [0.25, 0.3) is 0 Å². The van der Waals surface area contributed by atoms with Crippen LogP contribution >= 0.6 is 0 Å². The summed E-state index contributed by atoms with van der Waals surface area (Å²) in [6.07, 6.45) is 2.60. The highest BCUT2D eigenvalue weighted by molar-refractivity contribution is 5.31. The molecule has 0 fully saturated rings. The van der Waals surface area contributed by atoms with Gasteiger partial charge in [-0.3, -0.25) is 0 Å². The molecule has 1 rings (SSSR count). The fraction of sp³-hybridized carbons (Fsp3) is 0.267. The normalized spacial score (nSPS) is 10.4. The van der Waals surface area contributed by atoms with Crippen LogP contribution in [0.5, 0.6) is 0 Å². The average molecular weight is 241 g/mol. The number of hydrogen-bond donors (Lipinski definition) is 2. The van der Waals surface area contributed by atoms with Crippen molar-refractivity contribution in [3.8, 4) is 17.9 Å². The Morgan fingerprint density at radius 2 is 2.06 bits per heavy atom. The summed E-state index contributed by atoms with van der Waals surface area (Å²) in [5, 5.41) is 26.4. The second kappa shape index (κ2) is 8.08. The molecule has 92 valence electrons. The second-order valence-corrected chi connectivity index (χ2v) is 3.77. The highest BCUT2D eigenvalue weighted by Crippen LogP contribution is 2.10. The molecule has 2 N–H and O–H groups in total. The summed E-state index contributed by atoms with van der Waals surface area (Å²) in [4.78, 5) is 0. The Balaban J connectivity index is 2.79. The van der Waals surface area contributed by atoms with E-state index in [2.05, 4.69) is 17.9 Å². The Kier molecular flexibility index (Phi) is 6.28. The van der Waals surface area contributed by atoms with E-state index in [0.717, 1.165) is 16.7 Å². The molecule has 0 unspecified atom stereocenters. The van der Waals surface area contributed by atoms with Crippen LogP contribution in [0.2, 0.25) is 0 Å². The third-order valence-corrected chi connectivity index (χ3v) is 2.37. The minimum absolute atomic E-state index is 0.0669. The van der Waals surface area contributed by atoms with Gasteiger partial charge in [-0.1, -0.05) is 36.1 Å². The van der Waals surface area contributed by atoms with Gasteiger partial charge in [0.1, 0.15) is 6.61 Å². The van der Waals surface area contributed by atoms with Crippen LogP contribution in [0.3, 0.4) is 0 Å². The van der Waals surface area contributed by atoms with E-state index >= 15 is 0 Å². The summed E-state index contributed by atoms with van der Waals surface area (Å²) < 4.78 is 0. The first-order chi connectivity index (χ1) is 8.80. The van der Waals surface area contributed by atoms with E-state index in [1.165, 1.54) is 0 Å². The predicted octanol–water partition coefficient (Wildman–Crippen LogP) is 1.21. The molecule has 3 heteroatoms. The molecule has 0 aromatic heterocycles. The quantitative estimate of drug-likeness (QED) is 0.779. The van der Waals surface area contributed by atoms with E-state index in [9.17, 15) is 5.11 Å². The van der Waals surface area contributed by atoms with E-state index in [1.807, 2.05) is 24.3 Å². The molecule has 0 heterocycles. The monoisotopic (exact) mass is 241 g/mol. The van der Waals surface area contributed by atoms with Gasteiger partial charge in [0.15, 0.2) is 0 Å². The summed E-state index contributed by atoms with van der Waals surface area (Å²) in [7, 11) is 0. The number of aliphatic hydroxyl groups excluding tert-OH is 2. The number of nitrogens with zero attached hydrogens (tertiary/aromatic N) is 1. The van der Waals surface area contributed by atoms with Crippen LogP contribution in [0.4, 0.5) is 0 Å². The van der Waals surface area contributed by atoms with Gasteiger partial charge in [-0.05, 0) is 29.2 Å². The second-order valence-electron chi connectivity index (χ2n) is 3.77. The van der Waals surface area contributed by atoms with E-state index in [0.29, 0.717) is 12.8 Å². The number of allylic oxidation sites excluding steroid dienone is 1. The van der Waals surface area contributed by atoms with E-state index in [1.54, 1.807) is 6.08 Å². The predicted molar refractivity (Wildman–Crippen MR) is 69.5 cm³/mol. The summed E-state index contributed by atoms with van der Waals surface area (Å²) in [5.41, 5.74) is 2.78. The van der Waals surface area contributed by atoms with Crippen molar-refractivity contribution in [1.82, 2.24) is 0 Å². The van der Waals surface area contributed by atoms with Crippen molar-refractivity contribution in [2.24, 2.45) is 0 Å². The highest BCUT2D eigenvalue weighted by atomic mass is 16.3. The van der Waals surface area contributed by atoms with Gasteiger partial charge in [0.25, 0.3) is 0 Å². The molecule has 0 bridgehead atoms. The molecule has 0 radical (unpaired) electrons. The van der Waals surface area contributed by atoms with Gasteiger partial charge in [0.2, 0.25) is 0 Å². The maximum absolute atomic E-state index is 9.21. The van der Waals surface area contributed by atoms with Crippen LogP contribution in [0.15, 0.2) is 35.9 Å². The smallest absolute Gasteiger partial charge is 0.104 e. The van der Waals surface area contributed by atoms with Gasteiger partial charge in [0, 0.05) is 0 Å². The Labute approximate surface area is 107 Å². The van der Waals surface area contributed by atoms with Gasteiger partial charge >= 0.3 is 0 Å². The largest absolute Gasteiger partial charge is 0.392 e. The fourth-order valence-electron chi connectivity index (χ4n) is 1.55. The molecule has 0 saturated heterocycles. The lowest BCUT2D eigenvalue weighted by atomic mass is 10.0. The molecule has 0 aliphatic rings. The zero-order chi connectivity index (χ0) is 13.2. The summed E-state index contributed by atoms with van der Waals surface area (Å²) in [5.74, 6) is 5.18. The standard InChI is InChI=1S/C15H15NO2/c16-8-7-13-5-3-6-14(10-13)11-15(12-18)4-1-2-9-17/h3-6,10,17-18H,7,9,11-12H2/b15-4+. The van der Waals surface area contributed by atoms with Gasteiger partial charge < -0.3 is 10.2 Å². The molecule has 0 spiro atoms. The number of hydrogen-bond acceptors (Lipinski definition) is 3. The zero-order valence-electron chi connectivity index (χ0n) is 10.1. The van der Waals surface area contributed by atoms with Crippen molar-refractivity contribution < 1.29 is 10.2 Å². The molecule has 0 atom stereocenters. The van der Waals surface area contributed by atoms with E-state index < -0.39 is 0 Å². The lowest BCUT2D eigenvalue weighted by Crippen LogP contribution is -1.96. The average Bonchev–Trinajstić information content (AvgIpc) is 2.38. The van der Waals surface area contributed by atoms with Crippen LogP contribution in [0, 0.1) is 23.2 Å². The minimum Gasteiger partial charge on any atom is -0.392 e. The van der Waals surface area contributed by atoms with Gasteiger partial charge in [0.05, 0.1) is 19.1 Å². The summed E-state index contributed by atoms with van der Waals surface area (Å²) in [6, 6.07) is 9.81. The topological polar surface area (TPSA) is 64.2 Å². The Morgan fingerprint density at radius 1 is 1.28 bits per heavy atom.